The van der Waals surface area contributed by atoms with Gasteiger partial charge in [0, 0.05) is 0 Å². The van der Waals surface area contributed by atoms with E-state index in [9.17, 15) is 0 Å². The maximum Gasteiger partial charge on any atom is 0.0665 e. The van der Waals surface area contributed by atoms with Gasteiger partial charge in [-0.15, -0.1) is 0 Å². The summed E-state index contributed by atoms with van der Waals surface area (Å²) in [6, 6.07) is 0. The van der Waals surface area contributed by atoms with Crippen molar-refractivity contribution in [1.82, 2.24) is 10.2 Å². The predicted molar refractivity (Wildman–Crippen MR) is 57.4 cm³/mol. The van der Waals surface area contributed by atoms with Crippen LogP contribution in [0.1, 0.15) is 48.2 Å². The van der Waals surface area contributed by atoms with Crippen LogP contribution in [0.5, 0.6) is 0 Å². The molecule has 0 bridgehead atoms. The largest absolute Gasteiger partial charge is 0.155 e. The molecular weight excluding hydrogens is 172 g/mol. The lowest BCUT2D eigenvalue weighted by Gasteiger charge is -2.15. The van der Waals surface area contributed by atoms with Crippen LogP contribution in [0.25, 0.3) is 0 Å². The first-order valence-corrected chi connectivity index (χ1v) is 5.60. The van der Waals surface area contributed by atoms with Crippen molar-refractivity contribution in [1.29, 1.82) is 0 Å². The first-order chi connectivity index (χ1) is 6.79. The van der Waals surface area contributed by atoms with Gasteiger partial charge in [-0.2, -0.15) is 10.2 Å². The Morgan fingerprint density at radius 2 is 1.57 bits per heavy atom. The Balaban J connectivity index is 2.39. The highest BCUT2D eigenvalue weighted by Crippen LogP contribution is 2.21. The zero-order chi connectivity index (χ0) is 9.97. The molecule has 1 aromatic heterocycles. The van der Waals surface area contributed by atoms with Gasteiger partial charge < -0.3 is 0 Å². The summed E-state index contributed by atoms with van der Waals surface area (Å²) in [4.78, 5) is 0. The second-order valence-corrected chi connectivity index (χ2v) is 4.25. The van der Waals surface area contributed by atoms with Crippen LogP contribution < -0.4 is 0 Å². The standard InChI is InChI=1S/C12H18N2/c1-9-10(2)13-14-12-8-6-4-3-5-7-11(9)12/h3-8H2,1-2H3. The molecule has 0 spiro atoms. The van der Waals surface area contributed by atoms with Gasteiger partial charge in [0.05, 0.1) is 11.4 Å². The molecule has 0 atom stereocenters. The highest BCUT2D eigenvalue weighted by atomic mass is 15.1. The van der Waals surface area contributed by atoms with Gasteiger partial charge in [-0.3, -0.25) is 0 Å². The molecule has 0 saturated carbocycles. The van der Waals surface area contributed by atoms with Gasteiger partial charge in [0.15, 0.2) is 0 Å². The fraction of sp³-hybridized carbons (Fsp3) is 0.667. The Bertz CT molecular complexity index is 331. The van der Waals surface area contributed by atoms with E-state index >= 15 is 0 Å². The number of rotatable bonds is 0. The second-order valence-electron chi connectivity index (χ2n) is 4.25. The Hall–Kier alpha value is -0.920. The zero-order valence-electron chi connectivity index (χ0n) is 9.14. The summed E-state index contributed by atoms with van der Waals surface area (Å²) in [6.45, 7) is 4.24. The number of aromatic nitrogens is 2. The minimum Gasteiger partial charge on any atom is -0.155 e. The molecular formula is C12H18N2. The molecule has 0 aliphatic heterocycles. The van der Waals surface area contributed by atoms with E-state index in [0.717, 1.165) is 12.1 Å². The average Bonchev–Trinajstić information content (AvgIpc) is 2.13. The van der Waals surface area contributed by atoms with Gasteiger partial charge in [-0.25, -0.2) is 0 Å². The summed E-state index contributed by atoms with van der Waals surface area (Å²) in [5, 5.41) is 8.55. The molecule has 0 N–H and O–H groups in total. The van der Waals surface area contributed by atoms with Crippen LogP contribution in [-0.2, 0) is 12.8 Å². The zero-order valence-corrected chi connectivity index (χ0v) is 9.14. The van der Waals surface area contributed by atoms with E-state index in [-0.39, 0.29) is 0 Å². The SMILES string of the molecule is Cc1nnc2c(c1C)CCCCCC2. The minimum absolute atomic E-state index is 1.10. The molecule has 14 heavy (non-hydrogen) atoms. The Morgan fingerprint density at radius 3 is 2.36 bits per heavy atom. The van der Waals surface area contributed by atoms with Gasteiger partial charge in [-0.05, 0) is 50.7 Å². The molecule has 0 radical (unpaired) electrons. The van der Waals surface area contributed by atoms with Crippen LogP contribution in [-0.4, -0.2) is 10.2 Å². The van der Waals surface area contributed by atoms with Crippen LogP contribution in [0.2, 0.25) is 0 Å². The van der Waals surface area contributed by atoms with Gasteiger partial charge in [-0.1, -0.05) is 12.8 Å². The van der Waals surface area contributed by atoms with Crippen molar-refractivity contribution in [2.24, 2.45) is 0 Å². The van der Waals surface area contributed by atoms with Crippen LogP contribution in [0.4, 0.5) is 0 Å². The Morgan fingerprint density at radius 1 is 0.857 bits per heavy atom. The van der Waals surface area contributed by atoms with Crippen molar-refractivity contribution in [2.45, 2.75) is 52.4 Å². The number of fused-ring (bicyclic) bond motifs is 1. The van der Waals surface area contributed by atoms with Crippen molar-refractivity contribution >= 4 is 0 Å². The topological polar surface area (TPSA) is 25.8 Å². The highest BCUT2D eigenvalue weighted by molar-refractivity contribution is 5.31. The van der Waals surface area contributed by atoms with Crippen molar-refractivity contribution in [3.05, 3.63) is 22.5 Å². The molecule has 2 heteroatoms. The van der Waals surface area contributed by atoms with E-state index in [4.69, 9.17) is 0 Å². The number of nitrogens with zero attached hydrogens (tertiary/aromatic N) is 2. The molecule has 0 aromatic carbocycles. The van der Waals surface area contributed by atoms with E-state index < -0.39 is 0 Å². The number of aryl methyl sites for hydroxylation is 2. The second kappa shape index (κ2) is 4.07. The lowest BCUT2D eigenvalue weighted by molar-refractivity contribution is 0.599. The van der Waals surface area contributed by atoms with Crippen LogP contribution in [0, 0.1) is 13.8 Å². The fourth-order valence-electron chi connectivity index (χ4n) is 2.19. The summed E-state index contributed by atoms with van der Waals surface area (Å²) in [5.74, 6) is 0. The van der Waals surface area contributed by atoms with Gasteiger partial charge >= 0.3 is 0 Å². The normalized spacial score (nSPS) is 17.0. The van der Waals surface area contributed by atoms with Crippen LogP contribution in [0.15, 0.2) is 0 Å². The lowest BCUT2D eigenvalue weighted by atomic mass is 9.94. The summed E-state index contributed by atoms with van der Waals surface area (Å²) >= 11 is 0. The Kier molecular flexibility index (Phi) is 2.80. The third kappa shape index (κ3) is 1.79. The smallest absolute Gasteiger partial charge is 0.0665 e. The molecule has 0 fully saturated rings. The van der Waals surface area contributed by atoms with E-state index in [1.54, 1.807) is 0 Å². The van der Waals surface area contributed by atoms with E-state index in [1.807, 2.05) is 0 Å². The molecule has 1 aliphatic rings. The summed E-state index contributed by atoms with van der Waals surface area (Å²) in [7, 11) is 0. The van der Waals surface area contributed by atoms with Crippen molar-refractivity contribution in [2.75, 3.05) is 0 Å². The molecule has 76 valence electrons. The number of hydrogen-bond donors (Lipinski definition) is 0. The van der Waals surface area contributed by atoms with Gasteiger partial charge in [0.2, 0.25) is 0 Å². The number of hydrogen-bond acceptors (Lipinski definition) is 2. The van der Waals surface area contributed by atoms with Crippen LogP contribution in [0.3, 0.4) is 0 Å². The molecule has 0 amide bonds. The maximum absolute atomic E-state index is 4.33. The van der Waals surface area contributed by atoms with Crippen molar-refractivity contribution in [3.63, 3.8) is 0 Å². The maximum atomic E-state index is 4.33. The van der Waals surface area contributed by atoms with Crippen molar-refractivity contribution in [3.8, 4) is 0 Å². The molecule has 0 unspecified atom stereocenters. The van der Waals surface area contributed by atoms with E-state index in [2.05, 4.69) is 24.0 Å². The van der Waals surface area contributed by atoms with E-state index in [1.165, 1.54) is 48.9 Å². The predicted octanol–water partition coefficient (Wildman–Crippen LogP) is 2.75. The molecule has 2 rings (SSSR count). The van der Waals surface area contributed by atoms with Gasteiger partial charge in [0.1, 0.15) is 0 Å². The Labute approximate surface area is 85.8 Å². The monoisotopic (exact) mass is 190 g/mol. The molecule has 1 aliphatic carbocycles. The molecule has 1 aromatic rings. The summed E-state index contributed by atoms with van der Waals surface area (Å²) in [6.07, 6.45) is 7.67. The minimum atomic E-state index is 1.10. The van der Waals surface area contributed by atoms with Gasteiger partial charge in [0.25, 0.3) is 0 Å². The fourth-order valence-corrected chi connectivity index (χ4v) is 2.19. The first kappa shape index (κ1) is 9.63. The third-order valence-corrected chi connectivity index (χ3v) is 3.25. The molecule has 1 heterocycles. The summed E-state index contributed by atoms with van der Waals surface area (Å²) in [5.41, 5.74) is 5.21. The quantitative estimate of drug-likeness (QED) is 0.628. The third-order valence-electron chi connectivity index (χ3n) is 3.25. The molecule has 2 nitrogen and oxygen atoms in total. The molecule has 0 saturated heterocycles. The lowest BCUT2D eigenvalue weighted by Crippen LogP contribution is -2.08. The van der Waals surface area contributed by atoms with E-state index in [0.29, 0.717) is 0 Å². The highest BCUT2D eigenvalue weighted by Gasteiger charge is 2.12. The average molecular weight is 190 g/mol. The van der Waals surface area contributed by atoms with Crippen LogP contribution >= 0.6 is 0 Å². The first-order valence-electron chi connectivity index (χ1n) is 5.60. The summed E-state index contributed by atoms with van der Waals surface area (Å²) < 4.78 is 0. The van der Waals surface area contributed by atoms with Crippen molar-refractivity contribution < 1.29 is 0 Å².